The van der Waals surface area contributed by atoms with E-state index in [4.69, 9.17) is 9.90 Å². The molecule has 2 aromatic heterocycles. The first-order chi connectivity index (χ1) is 15.3. The molecule has 0 radical (unpaired) electrons. The average molecular weight is 446 g/mol. The Hall–Kier alpha value is -3.01. The van der Waals surface area contributed by atoms with Gasteiger partial charge < -0.3 is 20.8 Å². The first-order valence-corrected chi connectivity index (χ1v) is 11.1. The van der Waals surface area contributed by atoms with Gasteiger partial charge in [0.25, 0.3) is 12.4 Å². The van der Waals surface area contributed by atoms with Crippen molar-refractivity contribution in [2.24, 2.45) is 11.8 Å². The molecule has 10 heteroatoms. The summed E-state index contributed by atoms with van der Waals surface area (Å²) < 4.78 is 1.68. The van der Waals surface area contributed by atoms with Crippen LogP contribution in [0.15, 0.2) is 18.3 Å². The highest BCUT2D eigenvalue weighted by Gasteiger charge is 2.31. The molecule has 1 unspecified atom stereocenters. The van der Waals surface area contributed by atoms with Gasteiger partial charge in [-0.2, -0.15) is 0 Å². The predicted octanol–water partition coefficient (Wildman–Crippen LogP) is 1.69. The van der Waals surface area contributed by atoms with E-state index in [1.807, 2.05) is 13.8 Å². The van der Waals surface area contributed by atoms with Crippen molar-refractivity contribution in [1.82, 2.24) is 25.2 Å². The second-order valence-electron chi connectivity index (χ2n) is 8.80. The second kappa shape index (κ2) is 10.5. The minimum absolute atomic E-state index is 0.00724. The number of nitrogens with zero attached hydrogens (tertiary/aromatic N) is 3. The highest BCUT2D eigenvalue weighted by atomic mass is 16.3. The van der Waals surface area contributed by atoms with Gasteiger partial charge in [-0.1, -0.05) is 13.8 Å². The number of aliphatic hydroxyl groups is 1. The number of fused-ring (bicyclic) bond motifs is 1. The SMILES string of the molecule is CC(C)C(O)c1nnc2ccc(C(=O)NC3CCC(C(=O)NC4CC4)CC3)cn12.O=CO. The average Bonchev–Trinajstić information content (AvgIpc) is 3.49. The molecular formula is C22H31N5O5. The number of aliphatic hydroxyl groups excluding tert-OH is 1. The Morgan fingerprint density at radius 3 is 2.25 bits per heavy atom. The molecular weight excluding hydrogens is 414 g/mol. The molecule has 4 N–H and O–H groups in total. The Balaban J connectivity index is 0.000000913. The molecule has 0 aromatic carbocycles. The maximum atomic E-state index is 12.8. The zero-order chi connectivity index (χ0) is 23.3. The molecule has 4 rings (SSSR count). The fourth-order valence-electron chi connectivity index (χ4n) is 3.86. The number of carboxylic acid groups (broad SMARTS) is 1. The Kier molecular flexibility index (Phi) is 7.79. The standard InChI is InChI=1S/C21H29N5O3.CH2O2/c1-12(2)18(27)19-25-24-17-10-5-14(11-26(17)19)21(29)23-15-6-3-13(4-7-15)20(28)22-16-8-9-16;2-1-3/h5,10-13,15-16,18,27H,3-4,6-9H2,1-2H3,(H,22,28)(H,23,29);1H,(H,2,3). The zero-order valence-corrected chi connectivity index (χ0v) is 18.4. The van der Waals surface area contributed by atoms with Gasteiger partial charge in [0.15, 0.2) is 11.5 Å². The molecule has 0 bridgehead atoms. The van der Waals surface area contributed by atoms with Gasteiger partial charge >= 0.3 is 0 Å². The maximum Gasteiger partial charge on any atom is 0.290 e. The summed E-state index contributed by atoms with van der Waals surface area (Å²) in [5.41, 5.74) is 1.10. The van der Waals surface area contributed by atoms with Crippen molar-refractivity contribution < 1.29 is 24.6 Å². The van der Waals surface area contributed by atoms with Crippen LogP contribution in [0.5, 0.6) is 0 Å². The highest BCUT2D eigenvalue weighted by molar-refractivity contribution is 5.94. The largest absolute Gasteiger partial charge is 0.483 e. The quantitative estimate of drug-likeness (QED) is 0.495. The summed E-state index contributed by atoms with van der Waals surface area (Å²) in [6.45, 7) is 3.56. The van der Waals surface area contributed by atoms with Crippen molar-refractivity contribution in [2.45, 2.75) is 70.6 Å². The molecule has 2 amide bonds. The van der Waals surface area contributed by atoms with Gasteiger partial charge in [-0.15, -0.1) is 10.2 Å². The third-order valence-corrected chi connectivity index (χ3v) is 5.94. The maximum absolute atomic E-state index is 12.8. The topological polar surface area (TPSA) is 146 Å². The van der Waals surface area contributed by atoms with Crippen LogP contribution >= 0.6 is 0 Å². The number of nitrogens with one attached hydrogen (secondary N) is 2. The van der Waals surface area contributed by atoms with Crippen LogP contribution in [0.1, 0.15) is 74.7 Å². The molecule has 2 aliphatic rings. The third kappa shape index (κ3) is 5.82. The number of pyridine rings is 1. The molecule has 2 aromatic rings. The molecule has 0 aliphatic heterocycles. The number of hydrogen-bond donors (Lipinski definition) is 4. The summed E-state index contributed by atoms with van der Waals surface area (Å²) in [7, 11) is 0. The Labute approximate surface area is 186 Å². The highest BCUT2D eigenvalue weighted by Crippen LogP contribution is 2.27. The van der Waals surface area contributed by atoms with Crippen LogP contribution in [0, 0.1) is 11.8 Å². The van der Waals surface area contributed by atoms with E-state index >= 15 is 0 Å². The van der Waals surface area contributed by atoms with E-state index in [-0.39, 0.29) is 36.2 Å². The van der Waals surface area contributed by atoms with Crippen molar-refractivity contribution in [3.05, 3.63) is 29.7 Å². The van der Waals surface area contributed by atoms with E-state index in [2.05, 4.69) is 20.8 Å². The smallest absolute Gasteiger partial charge is 0.290 e. The number of amides is 2. The summed E-state index contributed by atoms with van der Waals surface area (Å²) in [5.74, 6) is 0.513. The minimum Gasteiger partial charge on any atom is -0.483 e. The summed E-state index contributed by atoms with van der Waals surface area (Å²) >= 11 is 0. The number of aromatic nitrogens is 3. The van der Waals surface area contributed by atoms with E-state index in [0.717, 1.165) is 38.5 Å². The predicted molar refractivity (Wildman–Crippen MR) is 116 cm³/mol. The Bertz CT molecular complexity index is 947. The summed E-state index contributed by atoms with van der Waals surface area (Å²) in [5, 5.41) is 31.6. The van der Waals surface area contributed by atoms with Crippen molar-refractivity contribution in [2.75, 3.05) is 0 Å². The Morgan fingerprint density at radius 2 is 1.66 bits per heavy atom. The van der Waals surface area contributed by atoms with Crippen LogP contribution in [0.2, 0.25) is 0 Å². The first-order valence-electron chi connectivity index (χ1n) is 11.1. The lowest BCUT2D eigenvalue weighted by molar-refractivity contribution is -0.126. The van der Waals surface area contributed by atoms with E-state index in [1.54, 1.807) is 22.7 Å². The summed E-state index contributed by atoms with van der Waals surface area (Å²) in [6.07, 6.45) is 6.35. The van der Waals surface area contributed by atoms with Gasteiger partial charge in [0, 0.05) is 24.2 Å². The molecule has 0 spiro atoms. The molecule has 2 aliphatic carbocycles. The van der Waals surface area contributed by atoms with Crippen LogP contribution in [-0.4, -0.2) is 55.2 Å². The van der Waals surface area contributed by atoms with Gasteiger partial charge in [0.1, 0.15) is 6.10 Å². The van der Waals surface area contributed by atoms with Crippen LogP contribution in [0.4, 0.5) is 0 Å². The number of hydrogen-bond acceptors (Lipinski definition) is 6. The number of rotatable bonds is 6. The van der Waals surface area contributed by atoms with Gasteiger partial charge in [0.05, 0.1) is 5.56 Å². The normalized spacial score (nSPS) is 21.4. The molecule has 0 saturated heterocycles. The van der Waals surface area contributed by atoms with E-state index in [9.17, 15) is 14.7 Å². The fourth-order valence-corrected chi connectivity index (χ4v) is 3.86. The van der Waals surface area contributed by atoms with Gasteiger partial charge in [-0.05, 0) is 56.6 Å². The van der Waals surface area contributed by atoms with E-state index < -0.39 is 6.10 Å². The number of carbonyl (C=O) groups excluding carboxylic acids is 2. The van der Waals surface area contributed by atoms with Gasteiger partial charge in [-0.25, -0.2) is 0 Å². The third-order valence-electron chi connectivity index (χ3n) is 5.94. The molecule has 2 fully saturated rings. The molecule has 10 nitrogen and oxygen atoms in total. The van der Waals surface area contributed by atoms with Crippen LogP contribution < -0.4 is 10.6 Å². The summed E-state index contributed by atoms with van der Waals surface area (Å²) in [6, 6.07) is 3.92. The van der Waals surface area contributed by atoms with Crippen molar-refractivity contribution in [3.63, 3.8) is 0 Å². The lowest BCUT2D eigenvalue weighted by Gasteiger charge is -2.28. The molecule has 2 saturated carbocycles. The van der Waals surface area contributed by atoms with Crippen molar-refractivity contribution in [3.8, 4) is 0 Å². The molecule has 174 valence electrons. The van der Waals surface area contributed by atoms with Crippen molar-refractivity contribution >= 4 is 23.9 Å². The van der Waals surface area contributed by atoms with Crippen LogP contribution in [0.3, 0.4) is 0 Å². The second-order valence-corrected chi connectivity index (χ2v) is 8.80. The summed E-state index contributed by atoms with van der Waals surface area (Å²) in [4.78, 5) is 33.3. The lowest BCUT2D eigenvalue weighted by atomic mass is 9.85. The minimum atomic E-state index is -0.750. The molecule has 1 atom stereocenters. The monoisotopic (exact) mass is 445 g/mol. The van der Waals surface area contributed by atoms with Gasteiger partial charge in [0.2, 0.25) is 5.91 Å². The lowest BCUT2D eigenvalue weighted by Crippen LogP contribution is -2.41. The van der Waals surface area contributed by atoms with E-state index in [1.165, 1.54) is 0 Å². The van der Waals surface area contributed by atoms with Crippen LogP contribution in [-0.2, 0) is 9.59 Å². The fraction of sp³-hybridized carbons (Fsp3) is 0.591. The number of carbonyl (C=O) groups is 3. The van der Waals surface area contributed by atoms with Gasteiger partial charge in [-0.3, -0.25) is 18.8 Å². The molecule has 2 heterocycles. The Morgan fingerprint density at radius 1 is 1.06 bits per heavy atom. The first kappa shape index (κ1) is 23.6. The molecule has 32 heavy (non-hydrogen) atoms. The van der Waals surface area contributed by atoms with E-state index in [0.29, 0.717) is 23.1 Å². The zero-order valence-electron chi connectivity index (χ0n) is 18.4. The van der Waals surface area contributed by atoms with Crippen LogP contribution in [0.25, 0.3) is 5.65 Å². The van der Waals surface area contributed by atoms with Crippen molar-refractivity contribution in [1.29, 1.82) is 0 Å².